The Balaban J connectivity index is 1.72. The molecule has 0 heterocycles. The summed E-state index contributed by atoms with van der Waals surface area (Å²) >= 11 is 0. The maximum atomic E-state index is 5.53. The first kappa shape index (κ1) is 24.1. The van der Waals surface area contributed by atoms with Gasteiger partial charge < -0.3 is 14.2 Å². The van der Waals surface area contributed by atoms with Crippen LogP contribution in [0.5, 0.6) is 17.2 Å². The Morgan fingerprint density at radius 1 is 0.389 bits per heavy atom. The van der Waals surface area contributed by atoms with Crippen molar-refractivity contribution in [1.29, 1.82) is 0 Å². The van der Waals surface area contributed by atoms with E-state index >= 15 is 0 Å². The second-order valence-electron chi connectivity index (χ2n) is 7.85. The summed E-state index contributed by atoms with van der Waals surface area (Å²) in [4.78, 5) is 0. The van der Waals surface area contributed by atoms with E-state index in [9.17, 15) is 0 Å². The van der Waals surface area contributed by atoms with Crippen molar-refractivity contribution in [3.8, 4) is 87.7 Å². The van der Waals surface area contributed by atoms with Crippen LogP contribution < -0.4 is 14.2 Å². The molecule has 0 aliphatic rings. The molecule has 0 unspecified atom stereocenters. The van der Waals surface area contributed by atoms with Gasteiger partial charge in [0.2, 0.25) is 0 Å². The molecule has 4 rings (SSSR count). The van der Waals surface area contributed by atoms with Crippen molar-refractivity contribution in [2.24, 2.45) is 0 Å². The molecule has 0 atom stereocenters. The molecule has 0 bridgehead atoms. The van der Waals surface area contributed by atoms with Crippen molar-refractivity contribution >= 4 is 0 Å². The number of terminal acetylenes is 3. The second-order valence-corrected chi connectivity index (χ2v) is 7.85. The number of rotatable bonds is 9. The van der Waals surface area contributed by atoms with E-state index in [1.165, 1.54) is 0 Å². The van der Waals surface area contributed by atoms with Gasteiger partial charge in [0.1, 0.15) is 37.1 Å². The summed E-state index contributed by atoms with van der Waals surface area (Å²) in [5, 5.41) is 0. The van der Waals surface area contributed by atoms with Gasteiger partial charge in [-0.15, -0.1) is 19.3 Å². The smallest absolute Gasteiger partial charge is 0.148 e. The highest BCUT2D eigenvalue weighted by atomic mass is 16.5. The minimum Gasteiger partial charge on any atom is -0.481 e. The fourth-order valence-corrected chi connectivity index (χ4v) is 3.73. The normalized spacial score (nSPS) is 9.92. The zero-order valence-electron chi connectivity index (χ0n) is 19.7. The van der Waals surface area contributed by atoms with Crippen LogP contribution >= 0.6 is 0 Å². The molecular formula is C33H24O3. The first-order valence-corrected chi connectivity index (χ1v) is 11.4. The average molecular weight is 469 g/mol. The van der Waals surface area contributed by atoms with E-state index in [1.54, 1.807) is 0 Å². The Bertz CT molecular complexity index is 1230. The molecule has 0 saturated carbocycles. The highest BCUT2D eigenvalue weighted by molar-refractivity contribution is 5.81. The highest BCUT2D eigenvalue weighted by Crippen LogP contribution is 2.34. The fourth-order valence-electron chi connectivity index (χ4n) is 3.73. The van der Waals surface area contributed by atoms with Crippen molar-refractivity contribution < 1.29 is 14.2 Å². The molecule has 4 aromatic carbocycles. The molecule has 36 heavy (non-hydrogen) atoms. The van der Waals surface area contributed by atoms with Crippen LogP contribution in [0.25, 0.3) is 33.4 Å². The van der Waals surface area contributed by atoms with Crippen LogP contribution in [0.3, 0.4) is 0 Å². The van der Waals surface area contributed by atoms with Crippen LogP contribution in [-0.4, -0.2) is 19.8 Å². The van der Waals surface area contributed by atoms with Crippen LogP contribution in [-0.2, 0) is 0 Å². The van der Waals surface area contributed by atoms with Crippen LogP contribution in [0, 0.1) is 37.0 Å². The zero-order chi connectivity index (χ0) is 25.2. The van der Waals surface area contributed by atoms with Crippen molar-refractivity contribution in [2.45, 2.75) is 0 Å². The Labute approximate surface area is 212 Å². The first-order valence-electron chi connectivity index (χ1n) is 11.4. The van der Waals surface area contributed by atoms with Gasteiger partial charge >= 0.3 is 0 Å². The van der Waals surface area contributed by atoms with E-state index in [1.807, 2.05) is 72.8 Å². The molecule has 0 aliphatic heterocycles. The molecule has 0 N–H and O–H groups in total. The van der Waals surface area contributed by atoms with Gasteiger partial charge in [0.05, 0.1) is 0 Å². The van der Waals surface area contributed by atoms with Gasteiger partial charge in [0.25, 0.3) is 0 Å². The Morgan fingerprint density at radius 2 is 0.639 bits per heavy atom. The van der Waals surface area contributed by atoms with Gasteiger partial charge in [-0.3, -0.25) is 0 Å². The molecule has 0 radical (unpaired) electrons. The quantitative estimate of drug-likeness (QED) is 0.255. The lowest BCUT2D eigenvalue weighted by Crippen LogP contribution is -1.94. The molecular weight excluding hydrogens is 444 g/mol. The molecule has 0 aromatic heterocycles. The first-order chi connectivity index (χ1) is 17.7. The standard InChI is InChI=1S/C33H24O3/c1-4-19-34-31-13-7-25(8-14-31)28-22-29(26-9-15-32(16-10-26)35-20-5-2)24-30(23-28)27-11-17-33(18-12-27)36-21-6-3/h1-3,7-18,22-24H,19-21H2. The van der Waals surface area contributed by atoms with Gasteiger partial charge in [0.15, 0.2) is 0 Å². The van der Waals surface area contributed by atoms with E-state index in [4.69, 9.17) is 33.5 Å². The lowest BCUT2D eigenvalue weighted by molar-refractivity contribution is 0.370. The summed E-state index contributed by atoms with van der Waals surface area (Å²) in [6.07, 6.45) is 15.9. The largest absolute Gasteiger partial charge is 0.481 e. The predicted octanol–water partition coefficient (Wildman–Crippen LogP) is 6.72. The Morgan fingerprint density at radius 3 is 0.861 bits per heavy atom. The van der Waals surface area contributed by atoms with Gasteiger partial charge in [-0.25, -0.2) is 0 Å². The molecule has 3 nitrogen and oxygen atoms in total. The molecule has 0 saturated heterocycles. The number of benzene rings is 4. The maximum Gasteiger partial charge on any atom is 0.148 e. The summed E-state index contributed by atoms with van der Waals surface area (Å²) in [7, 11) is 0. The maximum absolute atomic E-state index is 5.53. The van der Waals surface area contributed by atoms with Crippen molar-refractivity contribution in [1.82, 2.24) is 0 Å². The van der Waals surface area contributed by atoms with Crippen LogP contribution in [0.15, 0.2) is 91.0 Å². The van der Waals surface area contributed by atoms with Crippen molar-refractivity contribution in [3.63, 3.8) is 0 Å². The monoisotopic (exact) mass is 468 g/mol. The lowest BCUT2D eigenvalue weighted by Gasteiger charge is -2.13. The Hall–Kier alpha value is -5.04. The van der Waals surface area contributed by atoms with Crippen molar-refractivity contribution in [3.05, 3.63) is 91.0 Å². The lowest BCUT2D eigenvalue weighted by atomic mass is 9.93. The Kier molecular flexibility index (Phi) is 7.96. The van der Waals surface area contributed by atoms with E-state index < -0.39 is 0 Å². The summed E-state index contributed by atoms with van der Waals surface area (Å²) in [5.41, 5.74) is 6.42. The minimum absolute atomic E-state index is 0.237. The third-order valence-electron chi connectivity index (χ3n) is 5.46. The summed E-state index contributed by atoms with van der Waals surface area (Å²) in [5.74, 6) is 9.66. The molecule has 0 amide bonds. The number of ether oxygens (including phenoxy) is 3. The molecule has 174 valence electrons. The molecule has 4 aromatic rings. The number of hydrogen-bond acceptors (Lipinski definition) is 3. The van der Waals surface area contributed by atoms with E-state index in [-0.39, 0.29) is 19.8 Å². The van der Waals surface area contributed by atoms with Crippen LogP contribution in [0.2, 0.25) is 0 Å². The van der Waals surface area contributed by atoms with Gasteiger partial charge in [-0.2, -0.15) is 0 Å². The van der Waals surface area contributed by atoms with Crippen molar-refractivity contribution in [2.75, 3.05) is 19.8 Å². The molecule has 3 heteroatoms. The average Bonchev–Trinajstić information content (AvgIpc) is 2.94. The van der Waals surface area contributed by atoms with Crippen LogP contribution in [0.4, 0.5) is 0 Å². The van der Waals surface area contributed by atoms with E-state index in [0.29, 0.717) is 0 Å². The topological polar surface area (TPSA) is 27.7 Å². The van der Waals surface area contributed by atoms with Gasteiger partial charge in [-0.05, 0) is 88.0 Å². The van der Waals surface area contributed by atoms with E-state index in [0.717, 1.165) is 50.6 Å². The SMILES string of the molecule is C#CCOc1ccc(-c2cc(-c3ccc(OCC#C)cc3)cc(-c3ccc(OCC#C)cc3)c2)cc1. The number of hydrogen-bond donors (Lipinski definition) is 0. The zero-order valence-corrected chi connectivity index (χ0v) is 19.7. The minimum atomic E-state index is 0.237. The predicted molar refractivity (Wildman–Crippen MR) is 146 cm³/mol. The van der Waals surface area contributed by atoms with Crippen LogP contribution in [0.1, 0.15) is 0 Å². The molecule has 0 fully saturated rings. The third-order valence-corrected chi connectivity index (χ3v) is 5.46. The highest BCUT2D eigenvalue weighted by Gasteiger charge is 2.09. The summed E-state index contributed by atoms with van der Waals surface area (Å²) in [6.45, 7) is 0.712. The third kappa shape index (κ3) is 6.09. The van der Waals surface area contributed by atoms with Gasteiger partial charge in [-0.1, -0.05) is 54.2 Å². The summed E-state index contributed by atoms with van der Waals surface area (Å²) < 4.78 is 16.6. The van der Waals surface area contributed by atoms with Gasteiger partial charge in [0, 0.05) is 0 Å². The molecule has 0 aliphatic carbocycles. The summed E-state index contributed by atoms with van der Waals surface area (Å²) in [6, 6.07) is 30.2. The van der Waals surface area contributed by atoms with E-state index in [2.05, 4.69) is 36.0 Å². The molecule has 0 spiro atoms. The second kappa shape index (κ2) is 11.9. The fraction of sp³-hybridized carbons (Fsp3) is 0.0909.